The van der Waals surface area contributed by atoms with Gasteiger partial charge in [0.2, 0.25) is 0 Å². The minimum Gasteiger partial charge on any atom is -0.464 e. The first-order valence-corrected chi connectivity index (χ1v) is 17.0. The van der Waals surface area contributed by atoms with Gasteiger partial charge in [-0.05, 0) is 67.9 Å². The highest BCUT2D eigenvalue weighted by Crippen LogP contribution is 2.34. The highest BCUT2D eigenvalue weighted by molar-refractivity contribution is 7.93. The van der Waals surface area contributed by atoms with Crippen LogP contribution in [0.1, 0.15) is 35.7 Å². The van der Waals surface area contributed by atoms with Gasteiger partial charge in [-0.15, -0.1) is 0 Å². The Bertz CT molecular complexity index is 1770. The van der Waals surface area contributed by atoms with E-state index in [1.807, 2.05) is 33.2 Å². The van der Waals surface area contributed by atoms with E-state index in [2.05, 4.69) is 20.5 Å². The van der Waals surface area contributed by atoms with E-state index in [1.54, 1.807) is 42.6 Å². The van der Waals surface area contributed by atoms with Crippen LogP contribution in [-0.4, -0.2) is 70.5 Å². The molecule has 4 rings (SSSR count). The molecule has 0 atom stereocenters. The summed E-state index contributed by atoms with van der Waals surface area (Å²) in [6.07, 6.45) is 3.15. The Hall–Kier alpha value is -3.90. The summed E-state index contributed by atoms with van der Waals surface area (Å²) in [4.78, 5) is 32.6. The van der Waals surface area contributed by atoms with Gasteiger partial charge in [0.25, 0.3) is 15.9 Å². The first-order chi connectivity index (χ1) is 22.0. The van der Waals surface area contributed by atoms with E-state index < -0.39 is 22.5 Å². The molecular weight excluding hydrogens is 649 g/mol. The number of ether oxygens (including phenoxy) is 1. The number of esters is 1. The van der Waals surface area contributed by atoms with Crippen molar-refractivity contribution in [3.05, 3.63) is 94.1 Å². The lowest BCUT2D eigenvalue weighted by Gasteiger charge is -2.25. The lowest BCUT2D eigenvalue weighted by molar-refractivity contribution is -0.141. The quantitative estimate of drug-likeness (QED) is 0.116. The number of fused-ring (bicyclic) bond motifs is 1. The molecule has 10 nitrogen and oxygen atoms in total. The van der Waals surface area contributed by atoms with Gasteiger partial charge in [-0.1, -0.05) is 66.9 Å². The third-order valence-electron chi connectivity index (χ3n) is 7.01. The minimum atomic E-state index is -4.36. The summed E-state index contributed by atoms with van der Waals surface area (Å²) in [5.74, 6) is -0.332. The number of amides is 1. The number of carbonyl (C=O) groups is 2. The van der Waals surface area contributed by atoms with Crippen molar-refractivity contribution in [3.8, 4) is 0 Å². The Labute approximate surface area is 279 Å². The van der Waals surface area contributed by atoms with Crippen LogP contribution in [0.25, 0.3) is 10.8 Å². The van der Waals surface area contributed by atoms with Crippen molar-refractivity contribution in [3.63, 3.8) is 0 Å². The van der Waals surface area contributed by atoms with Crippen LogP contribution in [0, 0.1) is 0 Å². The van der Waals surface area contributed by atoms with Gasteiger partial charge in [0.1, 0.15) is 12.4 Å². The fourth-order valence-corrected chi connectivity index (χ4v) is 6.78. The van der Waals surface area contributed by atoms with Crippen LogP contribution < -0.4 is 14.9 Å². The summed E-state index contributed by atoms with van der Waals surface area (Å²) in [6.45, 7) is 3.38. The number of unbranched alkanes of at least 4 members (excludes halogenated alkanes) is 1. The summed E-state index contributed by atoms with van der Waals surface area (Å²) >= 11 is 12.3. The van der Waals surface area contributed by atoms with E-state index in [0.29, 0.717) is 22.8 Å². The standard InChI is InChI=1S/C33H37Cl2N5O5S/c1-4-5-16-45-32(41)22-40(46(43,44)26-18-24(34)17-25(35)19-26)30-11-7-8-27-28(30)9-6-10-29(27)33(42)38-21-23-12-13-31(37-20-23)36-14-15-39(2)3/h6-13,17-20H,4-5,14-16,21-22H2,1-3H3,(H,36,37)(H,38,42). The van der Waals surface area contributed by atoms with Gasteiger partial charge >= 0.3 is 5.97 Å². The van der Waals surface area contributed by atoms with Crippen molar-refractivity contribution in [2.75, 3.05) is 50.0 Å². The van der Waals surface area contributed by atoms with E-state index in [0.717, 1.165) is 35.2 Å². The number of anilines is 2. The molecule has 0 unspecified atom stereocenters. The molecule has 4 aromatic rings. The number of likely N-dealkylation sites (N-methyl/N-ethyl adjacent to an activating group) is 1. The van der Waals surface area contributed by atoms with Gasteiger partial charge in [-0.3, -0.25) is 13.9 Å². The Balaban J connectivity index is 1.63. The average Bonchev–Trinajstić information content (AvgIpc) is 3.02. The predicted molar refractivity (Wildman–Crippen MR) is 183 cm³/mol. The van der Waals surface area contributed by atoms with E-state index in [9.17, 15) is 18.0 Å². The van der Waals surface area contributed by atoms with E-state index in [1.165, 1.54) is 18.2 Å². The molecule has 0 fully saturated rings. The summed E-state index contributed by atoms with van der Waals surface area (Å²) in [7, 11) is -0.364. The summed E-state index contributed by atoms with van der Waals surface area (Å²) in [6, 6.07) is 17.7. The fraction of sp³-hybridized carbons (Fsp3) is 0.303. The van der Waals surface area contributed by atoms with E-state index >= 15 is 0 Å². The smallest absolute Gasteiger partial charge is 0.326 e. The SMILES string of the molecule is CCCCOC(=O)CN(c1cccc2c(C(=O)NCc3ccc(NCCN(C)C)nc3)cccc12)S(=O)(=O)c1cc(Cl)cc(Cl)c1. The van der Waals surface area contributed by atoms with Crippen LogP contribution in [0.5, 0.6) is 0 Å². The average molecular weight is 687 g/mol. The number of aromatic nitrogens is 1. The molecule has 0 spiro atoms. The fourth-order valence-electron chi connectivity index (χ4n) is 4.63. The van der Waals surface area contributed by atoms with Gasteiger partial charge in [0, 0.05) is 46.8 Å². The molecule has 0 aliphatic heterocycles. The lowest BCUT2D eigenvalue weighted by atomic mass is 10.0. The normalized spacial score (nSPS) is 11.4. The van der Waals surface area contributed by atoms with Crippen molar-refractivity contribution in [1.29, 1.82) is 0 Å². The molecule has 0 saturated heterocycles. The molecule has 2 N–H and O–H groups in total. The zero-order chi connectivity index (χ0) is 33.3. The Morgan fingerprint density at radius 1 is 0.957 bits per heavy atom. The summed E-state index contributed by atoms with van der Waals surface area (Å²) in [5.41, 5.74) is 1.34. The maximum Gasteiger partial charge on any atom is 0.326 e. The van der Waals surface area contributed by atoms with Crippen molar-refractivity contribution >= 4 is 67.4 Å². The van der Waals surface area contributed by atoms with Gasteiger partial charge in [-0.2, -0.15) is 0 Å². The number of nitrogens with one attached hydrogen (secondary N) is 2. The van der Waals surface area contributed by atoms with E-state index in [4.69, 9.17) is 27.9 Å². The minimum absolute atomic E-state index is 0.124. The number of halogens is 2. The number of sulfonamides is 1. The van der Waals surface area contributed by atoms with Crippen molar-refractivity contribution < 1.29 is 22.7 Å². The number of nitrogens with zero attached hydrogens (tertiary/aromatic N) is 3. The summed E-state index contributed by atoms with van der Waals surface area (Å²) in [5, 5.41) is 7.37. The Morgan fingerprint density at radius 3 is 2.35 bits per heavy atom. The first-order valence-electron chi connectivity index (χ1n) is 14.8. The van der Waals surface area contributed by atoms with Crippen LogP contribution in [-0.2, 0) is 26.1 Å². The maximum atomic E-state index is 14.0. The first kappa shape index (κ1) is 35.0. The van der Waals surface area contributed by atoms with Crippen LogP contribution in [0.3, 0.4) is 0 Å². The van der Waals surface area contributed by atoms with Crippen LogP contribution in [0.2, 0.25) is 10.0 Å². The van der Waals surface area contributed by atoms with Crippen LogP contribution in [0.15, 0.2) is 77.8 Å². The topological polar surface area (TPSA) is 121 Å². The second-order valence-corrected chi connectivity index (χ2v) is 13.6. The van der Waals surface area contributed by atoms with Crippen LogP contribution in [0.4, 0.5) is 11.5 Å². The molecule has 0 radical (unpaired) electrons. The highest BCUT2D eigenvalue weighted by atomic mass is 35.5. The van der Waals surface area contributed by atoms with Gasteiger partial charge in [0.05, 0.1) is 17.2 Å². The number of carbonyl (C=O) groups excluding carboxylic acids is 2. The molecule has 46 heavy (non-hydrogen) atoms. The van der Waals surface area contributed by atoms with Gasteiger partial charge < -0.3 is 20.3 Å². The largest absolute Gasteiger partial charge is 0.464 e. The number of hydrogen-bond acceptors (Lipinski definition) is 8. The highest BCUT2D eigenvalue weighted by Gasteiger charge is 2.30. The van der Waals surface area contributed by atoms with Crippen molar-refractivity contribution in [2.24, 2.45) is 0 Å². The molecule has 13 heteroatoms. The molecule has 1 aromatic heterocycles. The summed E-state index contributed by atoms with van der Waals surface area (Å²) < 4.78 is 34.4. The van der Waals surface area contributed by atoms with E-state index in [-0.39, 0.29) is 39.7 Å². The zero-order valence-corrected chi connectivity index (χ0v) is 28.3. The molecule has 244 valence electrons. The number of rotatable bonds is 15. The third kappa shape index (κ3) is 9.10. The third-order valence-corrected chi connectivity index (χ3v) is 9.19. The van der Waals surface area contributed by atoms with Crippen molar-refractivity contribution in [2.45, 2.75) is 31.2 Å². The molecule has 0 aliphatic carbocycles. The molecular formula is C33H37Cl2N5O5S. The van der Waals surface area contributed by atoms with Gasteiger partial charge in [-0.25, -0.2) is 13.4 Å². The Kier molecular flexibility index (Phi) is 12.2. The molecule has 1 amide bonds. The second-order valence-electron chi connectivity index (χ2n) is 10.8. The lowest BCUT2D eigenvalue weighted by Crippen LogP contribution is -2.37. The number of pyridine rings is 1. The molecule has 0 aliphatic rings. The Morgan fingerprint density at radius 2 is 1.67 bits per heavy atom. The molecule has 0 bridgehead atoms. The van der Waals surface area contributed by atoms with Gasteiger partial charge in [0.15, 0.2) is 0 Å². The second kappa shape index (κ2) is 16.1. The van der Waals surface area contributed by atoms with Crippen molar-refractivity contribution in [1.82, 2.24) is 15.2 Å². The maximum absolute atomic E-state index is 14.0. The van der Waals surface area contributed by atoms with Crippen LogP contribution >= 0.6 is 23.2 Å². The number of benzene rings is 3. The predicted octanol–water partition coefficient (Wildman–Crippen LogP) is 5.98. The molecule has 1 heterocycles. The molecule has 3 aromatic carbocycles. The number of hydrogen-bond donors (Lipinski definition) is 2. The monoisotopic (exact) mass is 685 g/mol. The molecule has 0 saturated carbocycles. The zero-order valence-electron chi connectivity index (χ0n) is 25.9.